The van der Waals surface area contributed by atoms with Gasteiger partial charge in [0.1, 0.15) is 0 Å². The van der Waals surface area contributed by atoms with Crippen LogP contribution in [0.5, 0.6) is 0 Å². The van der Waals surface area contributed by atoms with Gasteiger partial charge in [-0.3, -0.25) is 9.78 Å². The van der Waals surface area contributed by atoms with Crippen LogP contribution in [0.15, 0.2) is 41.6 Å². The van der Waals surface area contributed by atoms with Crippen LogP contribution >= 0.6 is 0 Å². The molecule has 6 nitrogen and oxygen atoms in total. The van der Waals surface area contributed by atoms with Crippen molar-refractivity contribution in [2.45, 2.75) is 30.6 Å². The van der Waals surface area contributed by atoms with Gasteiger partial charge in [-0.15, -0.1) is 0 Å². The quantitative estimate of drug-likeness (QED) is 0.896. The molecule has 0 aliphatic carbocycles. The van der Waals surface area contributed by atoms with E-state index in [4.69, 9.17) is 0 Å². The molecule has 2 aromatic rings. The molecule has 7 heteroatoms. The Hall–Kier alpha value is -1.99. The van der Waals surface area contributed by atoms with Gasteiger partial charge in [0.2, 0.25) is 15.9 Å². The number of likely N-dealkylation sites (tertiary alicyclic amines) is 1. The van der Waals surface area contributed by atoms with Gasteiger partial charge in [0.05, 0.1) is 4.90 Å². The van der Waals surface area contributed by atoms with E-state index in [1.165, 1.54) is 0 Å². The highest BCUT2D eigenvalue weighted by Gasteiger charge is 2.19. The molecule has 1 aliphatic heterocycles. The van der Waals surface area contributed by atoms with Gasteiger partial charge in [0.25, 0.3) is 0 Å². The van der Waals surface area contributed by atoms with Crippen molar-refractivity contribution in [3.8, 4) is 0 Å². The fourth-order valence-corrected chi connectivity index (χ4v) is 4.26. The lowest BCUT2D eigenvalue weighted by Gasteiger charge is -2.26. The summed E-state index contributed by atoms with van der Waals surface area (Å²) in [7, 11) is -3.66. The zero-order valence-corrected chi connectivity index (χ0v) is 14.3. The lowest BCUT2D eigenvalue weighted by atomic mass is 10.1. The van der Waals surface area contributed by atoms with Crippen molar-refractivity contribution in [2.75, 3.05) is 19.6 Å². The second kappa shape index (κ2) is 7.27. The summed E-state index contributed by atoms with van der Waals surface area (Å²) in [5, 5.41) is 1.40. The average Bonchev–Trinajstić information content (AvgIpc) is 2.61. The molecule has 0 atom stereocenters. The number of pyridine rings is 1. The fourth-order valence-electron chi connectivity index (χ4n) is 3.00. The third kappa shape index (κ3) is 3.73. The lowest BCUT2D eigenvalue weighted by Crippen LogP contribution is -2.37. The Labute approximate surface area is 141 Å². The molecule has 1 fully saturated rings. The number of hydrogen-bond donors (Lipinski definition) is 1. The van der Waals surface area contributed by atoms with Gasteiger partial charge >= 0.3 is 0 Å². The van der Waals surface area contributed by atoms with Gasteiger partial charge in [0, 0.05) is 49.2 Å². The van der Waals surface area contributed by atoms with Crippen LogP contribution < -0.4 is 4.72 Å². The van der Waals surface area contributed by atoms with Crippen LogP contribution in [0.3, 0.4) is 0 Å². The fraction of sp³-hybridized carbons (Fsp3) is 0.412. The maximum absolute atomic E-state index is 12.5. The Kier molecular flexibility index (Phi) is 5.11. The minimum absolute atomic E-state index is 0.0134. The summed E-state index contributed by atoms with van der Waals surface area (Å²) < 4.78 is 27.6. The Morgan fingerprint density at radius 2 is 1.96 bits per heavy atom. The Morgan fingerprint density at radius 1 is 1.17 bits per heavy atom. The number of sulfonamides is 1. The van der Waals surface area contributed by atoms with Crippen molar-refractivity contribution in [3.05, 3.63) is 36.7 Å². The summed E-state index contributed by atoms with van der Waals surface area (Å²) in [5.41, 5.74) is 0. The number of amides is 1. The molecule has 0 bridgehead atoms. The van der Waals surface area contributed by atoms with Crippen LogP contribution in [0, 0.1) is 0 Å². The number of piperidine rings is 1. The van der Waals surface area contributed by atoms with Gasteiger partial charge in [-0.05, 0) is 31.4 Å². The number of carbonyl (C=O) groups is 1. The molecule has 1 aliphatic rings. The monoisotopic (exact) mass is 347 g/mol. The van der Waals surface area contributed by atoms with Crippen LogP contribution in [-0.4, -0.2) is 43.8 Å². The Balaban J connectivity index is 1.66. The maximum Gasteiger partial charge on any atom is 0.241 e. The molecule has 3 rings (SSSR count). The zero-order chi connectivity index (χ0) is 17.0. The molecule has 1 aromatic heterocycles. The van der Waals surface area contributed by atoms with Gasteiger partial charge < -0.3 is 4.90 Å². The smallest absolute Gasteiger partial charge is 0.241 e. The minimum Gasteiger partial charge on any atom is -0.343 e. The summed E-state index contributed by atoms with van der Waals surface area (Å²) in [4.78, 5) is 18.2. The highest BCUT2D eigenvalue weighted by molar-refractivity contribution is 7.89. The first-order valence-corrected chi connectivity index (χ1v) is 9.66. The lowest BCUT2D eigenvalue weighted by molar-refractivity contribution is -0.131. The Morgan fingerprint density at radius 3 is 2.75 bits per heavy atom. The van der Waals surface area contributed by atoms with Crippen molar-refractivity contribution >= 4 is 26.7 Å². The molecule has 128 valence electrons. The third-order valence-electron chi connectivity index (χ3n) is 4.27. The van der Waals surface area contributed by atoms with Crippen LogP contribution in [-0.2, 0) is 14.8 Å². The SMILES string of the molecule is O=C(CCNS(=O)(=O)c1cccc2cnccc12)N1CCCCC1. The van der Waals surface area contributed by atoms with Crippen molar-refractivity contribution < 1.29 is 13.2 Å². The van der Waals surface area contributed by atoms with Gasteiger partial charge in [0.15, 0.2) is 0 Å². The van der Waals surface area contributed by atoms with E-state index in [0.29, 0.717) is 5.39 Å². The number of rotatable bonds is 5. The standard InChI is InChI=1S/C17H21N3O3S/c21-17(20-11-2-1-3-12-20)8-10-19-24(22,23)16-6-4-5-14-13-18-9-7-15(14)16/h4-7,9,13,19H,1-3,8,10-12H2. The van der Waals surface area contributed by atoms with Gasteiger partial charge in [-0.1, -0.05) is 12.1 Å². The van der Waals surface area contributed by atoms with Crippen molar-refractivity contribution in [3.63, 3.8) is 0 Å². The van der Waals surface area contributed by atoms with Crippen molar-refractivity contribution in [1.29, 1.82) is 0 Å². The molecule has 1 amide bonds. The second-order valence-corrected chi connectivity index (χ2v) is 7.68. The molecule has 24 heavy (non-hydrogen) atoms. The molecule has 1 aromatic carbocycles. The summed E-state index contributed by atoms with van der Waals surface area (Å²) >= 11 is 0. The molecule has 0 radical (unpaired) electrons. The zero-order valence-electron chi connectivity index (χ0n) is 13.4. The highest BCUT2D eigenvalue weighted by Crippen LogP contribution is 2.21. The summed E-state index contributed by atoms with van der Waals surface area (Å²) in [5.74, 6) is 0.0134. The van der Waals surface area contributed by atoms with E-state index in [1.807, 2.05) is 11.0 Å². The Bertz CT molecular complexity index is 825. The van der Waals surface area contributed by atoms with E-state index < -0.39 is 10.0 Å². The first-order valence-electron chi connectivity index (χ1n) is 8.18. The first-order chi connectivity index (χ1) is 11.6. The summed E-state index contributed by atoms with van der Waals surface area (Å²) in [6.07, 6.45) is 6.61. The number of aromatic nitrogens is 1. The number of fused-ring (bicyclic) bond motifs is 1. The second-order valence-electron chi connectivity index (χ2n) is 5.94. The van der Waals surface area contributed by atoms with Gasteiger partial charge in [-0.25, -0.2) is 13.1 Å². The van der Waals surface area contributed by atoms with Crippen molar-refractivity contribution in [2.24, 2.45) is 0 Å². The summed E-state index contributed by atoms with van der Waals surface area (Å²) in [6, 6.07) is 6.76. The first kappa shape index (κ1) is 16.9. The van der Waals surface area contributed by atoms with E-state index in [0.717, 1.165) is 37.7 Å². The summed E-state index contributed by atoms with van der Waals surface area (Å²) in [6.45, 7) is 1.67. The molecule has 1 N–H and O–H groups in total. The van der Waals surface area contributed by atoms with E-state index in [-0.39, 0.29) is 23.8 Å². The molecule has 0 saturated carbocycles. The third-order valence-corrected chi connectivity index (χ3v) is 5.79. The largest absolute Gasteiger partial charge is 0.343 e. The number of benzene rings is 1. The van der Waals surface area contributed by atoms with Crippen LogP contribution in [0.1, 0.15) is 25.7 Å². The topological polar surface area (TPSA) is 79.4 Å². The number of nitrogens with one attached hydrogen (secondary N) is 1. The molecular weight excluding hydrogens is 326 g/mol. The molecule has 2 heterocycles. The van der Waals surface area contributed by atoms with E-state index in [9.17, 15) is 13.2 Å². The highest BCUT2D eigenvalue weighted by atomic mass is 32.2. The number of nitrogens with zero attached hydrogens (tertiary/aromatic N) is 2. The maximum atomic E-state index is 12.5. The average molecular weight is 347 g/mol. The number of carbonyl (C=O) groups excluding carboxylic acids is 1. The van der Waals surface area contributed by atoms with Crippen molar-refractivity contribution in [1.82, 2.24) is 14.6 Å². The molecular formula is C17H21N3O3S. The molecule has 0 unspecified atom stereocenters. The van der Waals surface area contributed by atoms with E-state index in [2.05, 4.69) is 9.71 Å². The normalized spacial score (nSPS) is 15.6. The molecule has 0 spiro atoms. The van der Waals surface area contributed by atoms with Crippen LogP contribution in [0.2, 0.25) is 0 Å². The van der Waals surface area contributed by atoms with Crippen LogP contribution in [0.4, 0.5) is 0 Å². The predicted octanol–water partition coefficient (Wildman–Crippen LogP) is 1.92. The predicted molar refractivity (Wildman–Crippen MR) is 92.0 cm³/mol. The minimum atomic E-state index is -3.66. The van der Waals surface area contributed by atoms with Crippen LogP contribution in [0.25, 0.3) is 10.8 Å². The van der Waals surface area contributed by atoms with E-state index in [1.54, 1.807) is 30.6 Å². The molecule has 1 saturated heterocycles. The van der Waals surface area contributed by atoms with Gasteiger partial charge in [-0.2, -0.15) is 0 Å². The number of hydrogen-bond acceptors (Lipinski definition) is 4. The van der Waals surface area contributed by atoms with E-state index >= 15 is 0 Å².